The van der Waals surface area contributed by atoms with E-state index in [2.05, 4.69) is 4.98 Å². The van der Waals surface area contributed by atoms with Gasteiger partial charge in [0.05, 0.1) is 4.91 Å². The molecule has 1 aliphatic rings. The standard InChI is InChI=1S/C15H22N4O5S2/c1-15(19-5-3-10(17)18-14(19)23)12(21)11(20)9(26-15)7-24-13(22)8(16)4-6-25-2/h3,5,8,12,20-21H,4,6-7,16H2,1-2H3,(H2,17,18,23)/t8-,12?,15-/m1/s1. The summed E-state index contributed by atoms with van der Waals surface area (Å²) >= 11 is 2.58. The van der Waals surface area contributed by atoms with Gasteiger partial charge in [-0.2, -0.15) is 16.7 Å². The summed E-state index contributed by atoms with van der Waals surface area (Å²) in [5.41, 5.74) is 10.6. The lowest BCUT2D eigenvalue weighted by atomic mass is 10.1. The van der Waals surface area contributed by atoms with Gasteiger partial charge >= 0.3 is 11.7 Å². The van der Waals surface area contributed by atoms with Gasteiger partial charge in [0.2, 0.25) is 0 Å². The SMILES string of the molecule is CSCC[C@@H](N)C(=O)OCC1=C(O)C(O)[C@](C)(n2ccc(N)nc2=O)S1. The molecule has 2 heterocycles. The third kappa shape index (κ3) is 4.17. The Morgan fingerprint density at radius 3 is 2.92 bits per heavy atom. The van der Waals surface area contributed by atoms with Crippen LogP contribution in [0.15, 0.2) is 27.7 Å². The fourth-order valence-electron chi connectivity index (χ4n) is 2.41. The first-order chi connectivity index (χ1) is 12.2. The van der Waals surface area contributed by atoms with Gasteiger partial charge in [0.15, 0.2) is 0 Å². The van der Waals surface area contributed by atoms with E-state index in [-0.39, 0.29) is 23.1 Å². The second-order valence-electron chi connectivity index (χ2n) is 5.87. The van der Waals surface area contributed by atoms with Crippen molar-refractivity contribution in [2.75, 3.05) is 24.3 Å². The number of nitrogens with two attached hydrogens (primary N) is 2. The van der Waals surface area contributed by atoms with E-state index < -0.39 is 28.7 Å². The first-order valence-electron chi connectivity index (χ1n) is 7.76. The van der Waals surface area contributed by atoms with Crippen LogP contribution in [-0.4, -0.2) is 56.5 Å². The monoisotopic (exact) mass is 402 g/mol. The summed E-state index contributed by atoms with van der Waals surface area (Å²) in [6.07, 6.45) is 2.40. The van der Waals surface area contributed by atoms with E-state index >= 15 is 0 Å². The Labute approximate surface area is 158 Å². The van der Waals surface area contributed by atoms with Crippen molar-refractivity contribution < 1.29 is 19.7 Å². The van der Waals surface area contributed by atoms with Crippen LogP contribution in [0.4, 0.5) is 5.82 Å². The third-order valence-electron chi connectivity index (χ3n) is 3.97. The van der Waals surface area contributed by atoms with E-state index in [9.17, 15) is 19.8 Å². The van der Waals surface area contributed by atoms with Crippen molar-refractivity contribution in [3.05, 3.63) is 33.4 Å². The highest BCUT2D eigenvalue weighted by Crippen LogP contribution is 2.48. The second-order valence-corrected chi connectivity index (χ2v) is 8.38. The number of nitrogens with zero attached hydrogens (tertiary/aromatic N) is 2. The molecular formula is C15H22N4O5S2. The molecule has 1 aliphatic heterocycles. The Kier molecular flexibility index (Phi) is 6.61. The average Bonchev–Trinajstić information content (AvgIpc) is 2.82. The summed E-state index contributed by atoms with van der Waals surface area (Å²) in [6, 6.07) is 0.663. The second kappa shape index (κ2) is 8.33. The molecule has 0 saturated carbocycles. The number of hydrogen-bond donors (Lipinski definition) is 4. The van der Waals surface area contributed by atoms with Gasteiger partial charge in [-0.3, -0.25) is 9.36 Å². The molecule has 0 radical (unpaired) electrons. The van der Waals surface area contributed by atoms with E-state index in [1.54, 1.807) is 18.7 Å². The molecule has 26 heavy (non-hydrogen) atoms. The van der Waals surface area contributed by atoms with Crippen LogP contribution in [0.5, 0.6) is 0 Å². The van der Waals surface area contributed by atoms with Gasteiger partial charge in [0.25, 0.3) is 0 Å². The smallest absolute Gasteiger partial charge is 0.350 e. The van der Waals surface area contributed by atoms with Crippen molar-refractivity contribution in [3.8, 4) is 0 Å². The summed E-state index contributed by atoms with van der Waals surface area (Å²) < 4.78 is 6.31. The van der Waals surface area contributed by atoms with Gasteiger partial charge in [-0.05, 0) is 31.4 Å². The number of hydrogen-bond acceptors (Lipinski definition) is 10. The van der Waals surface area contributed by atoms with Gasteiger partial charge in [0.1, 0.15) is 35.2 Å². The lowest BCUT2D eigenvalue weighted by molar-refractivity contribution is -0.144. The van der Waals surface area contributed by atoms with Crippen molar-refractivity contribution in [2.45, 2.75) is 30.4 Å². The van der Waals surface area contributed by atoms with Crippen LogP contribution >= 0.6 is 23.5 Å². The predicted molar refractivity (Wildman–Crippen MR) is 102 cm³/mol. The summed E-state index contributed by atoms with van der Waals surface area (Å²) in [7, 11) is 0. The number of aromatic nitrogens is 2. The van der Waals surface area contributed by atoms with E-state index in [1.807, 2.05) is 6.26 Å². The molecule has 0 amide bonds. The van der Waals surface area contributed by atoms with Crippen LogP contribution in [0.3, 0.4) is 0 Å². The lowest BCUT2D eigenvalue weighted by Gasteiger charge is -2.29. The highest BCUT2D eigenvalue weighted by atomic mass is 32.2. The number of ether oxygens (including phenoxy) is 1. The molecule has 0 aromatic carbocycles. The molecular weight excluding hydrogens is 380 g/mol. The predicted octanol–water partition coefficient (Wildman–Crippen LogP) is -0.000900. The highest BCUT2D eigenvalue weighted by molar-refractivity contribution is 8.04. The van der Waals surface area contributed by atoms with Crippen molar-refractivity contribution in [1.29, 1.82) is 0 Å². The molecule has 11 heteroatoms. The number of aliphatic hydroxyl groups is 2. The average molecular weight is 402 g/mol. The van der Waals surface area contributed by atoms with Crippen molar-refractivity contribution in [2.24, 2.45) is 5.73 Å². The molecule has 1 aromatic heterocycles. The largest absolute Gasteiger partial charge is 0.508 e. The normalized spacial score (nSPS) is 23.9. The number of anilines is 1. The third-order valence-corrected chi connectivity index (χ3v) is 6.02. The van der Waals surface area contributed by atoms with E-state index in [0.717, 1.165) is 17.5 Å². The first-order valence-corrected chi connectivity index (χ1v) is 9.97. The maximum atomic E-state index is 12.1. The van der Waals surface area contributed by atoms with E-state index in [1.165, 1.54) is 16.8 Å². The van der Waals surface area contributed by atoms with Crippen molar-refractivity contribution >= 4 is 35.3 Å². The minimum atomic E-state index is -1.38. The maximum Gasteiger partial charge on any atom is 0.350 e. The Morgan fingerprint density at radius 1 is 1.62 bits per heavy atom. The molecule has 0 aliphatic carbocycles. The van der Waals surface area contributed by atoms with Crippen LogP contribution in [0, 0.1) is 0 Å². The molecule has 1 unspecified atom stereocenters. The summed E-state index contributed by atoms with van der Waals surface area (Å²) in [5.74, 6) is -0.165. The number of carbonyl (C=O) groups excluding carboxylic acids is 1. The first kappa shape index (κ1) is 20.6. The van der Waals surface area contributed by atoms with E-state index in [0.29, 0.717) is 6.42 Å². The van der Waals surface area contributed by atoms with Gasteiger partial charge in [-0.1, -0.05) is 11.8 Å². The molecule has 0 saturated heterocycles. The maximum absolute atomic E-state index is 12.1. The number of aliphatic hydroxyl groups excluding tert-OH is 2. The number of thioether (sulfide) groups is 2. The highest BCUT2D eigenvalue weighted by Gasteiger charge is 2.47. The summed E-state index contributed by atoms with van der Waals surface area (Å²) in [4.78, 5) is 26.6. The van der Waals surface area contributed by atoms with E-state index in [4.69, 9.17) is 16.2 Å². The number of esters is 1. The lowest BCUT2D eigenvalue weighted by Crippen LogP contribution is -2.44. The molecule has 2 rings (SSSR count). The molecule has 0 spiro atoms. The minimum Gasteiger partial charge on any atom is -0.508 e. The number of nitrogen functional groups attached to an aromatic ring is 1. The topological polar surface area (TPSA) is 154 Å². The van der Waals surface area contributed by atoms with Crippen molar-refractivity contribution in [3.63, 3.8) is 0 Å². The van der Waals surface area contributed by atoms with Crippen LogP contribution in [-0.2, 0) is 14.4 Å². The molecule has 0 bridgehead atoms. The molecule has 9 nitrogen and oxygen atoms in total. The molecule has 0 fully saturated rings. The fraction of sp³-hybridized carbons (Fsp3) is 0.533. The van der Waals surface area contributed by atoms with Gasteiger partial charge in [0, 0.05) is 6.20 Å². The summed E-state index contributed by atoms with van der Waals surface area (Å²) in [5, 5.41) is 20.6. The Hall–Kier alpha value is -1.69. The number of carbonyl (C=O) groups is 1. The van der Waals surface area contributed by atoms with Gasteiger partial charge < -0.3 is 26.4 Å². The molecule has 3 atom stereocenters. The number of rotatable bonds is 7. The quantitative estimate of drug-likeness (QED) is 0.458. The van der Waals surface area contributed by atoms with Crippen LogP contribution in [0.1, 0.15) is 13.3 Å². The zero-order chi connectivity index (χ0) is 19.5. The Morgan fingerprint density at radius 2 is 2.31 bits per heavy atom. The molecule has 144 valence electrons. The van der Waals surface area contributed by atoms with Crippen molar-refractivity contribution in [1.82, 2.24) is 9.55 Å². The zero-order valence-electron chi connectivity index (χ0n) is 14.4. The summed E-state index contributed by atoms with van der Waals surface area (Å²) in [6.45, 7) is 1.32. The van der Waals surface area contributed by atoms with Crippen LogP contribution < -0.4 is 17.2 Å². The van der Waals surface area contributed by atoms with Crippen LogP contribution in [0.25, 0.3) is 0 Å². The van der Waals surface area contributed by atoms with Gasteiger partial charge in [-0.25, -0.2) is 4.79 Å². The molecule has 6 N–H and O–H groups in total. The molecule has 1 aromatic rings. The van der Waals surface area contributed by atoms with Gasteiger partial charge in [-0.15, -0.1) is 0 Å². The Bertz CT molecular complexity index is 769. The van der Waals surface area contributed by atoms with Crippen LogP contribution in [0.2, 0.25) is 0 Å². The Balaban J connectivity index is 2.10. The minimum absolute atomic E-state index is 0.0536. The zero-order valence-corrected chi connectivity index (χ0v) is 16.0. The fourth-order valence-corrected chi connectivity index (χ4v) is 4.19.